The molecule has 3 rings (SSSR count). The van der Waals surface area contributed by atoms with Crippen LogP contribution < -0.4 is 9.47 Å². The summed E-state index contributed by atoms with van der Waals surface area (Å²) in [7, 11) is 1.64. The zero-order chi connectivity index (χ0) is 15.4. The molecular formula is C17H16N2O2S. The number of hydrogen-bond donors (Lipinski definition) is 0. The molecule has 0 atom stereocenters. The van der Waals surface area contributed by atoms with Gasteiger partial charge in [0.1, 0.15) is 11.4 Å². The molecule has 4 nitrogen and oxygen atoms in total. The summed E-state index contributed by atoms with van der Waals surface area (Å²) in [5, 5.41) is 2.04. The molecule has 22 heavy (non-hydrogen) atoms. The summed E-state index contributed by atoms with van der Waals surface area (Å²) < 4.78 is 10.9. The molecule has 0 saturated heterocycles. The Morgan fingerprint density at radius 3 is 2.77 bits per heavy atom. The lowest BCUT2D eigenvalue weighted by molar-refractivity contribution is 0.326. The first-order valence-electron chi connectivity index (χ1n) is 7.00. The highest BCUT2D eigenvalue weighted by atomic mass is 32.1. The van der Waals surface area contributed by atoms with Crippen molar-refractivity contribution in [3.05, 3.63) is 46.3 Å². The molecule has 0 fully saturated rings. The molecule has 0 unspecified atom stereocenters. The number of thiophene rings is 1. The van der Waals surface area contributed by atoms with E-state index in [4.69, 9.17) is 9.47 Å². The Kier molecular flexibility index (Phi) is 4.34. The fourth-order valence-electron chi connectivity index (χ4n) is 2.06. The molecule has 0 N–H and O–H groups in total. The third-order valence-corrected chi connectivity index (χ3v) is 3.93. The number of rotatable bonds is 5. The normalized spacial score (nSPS) is 11.2. The number of nitrogens with zero attached hydrogens (tertiary/aromatic N) is 2. The van der Waals surface area contributed by atoms with Crippen molar-refractivity contribution in [2.24, 2.45) is 0 Å². The van der Waals surface area contributed by atoms with Gasteiger partial charge in [0.25, 0.3) is 0 Å². The molecule has 0 aliphatic carbocycles. The molecule has 0 aliphatic rings. The van der Waals surface area contributed by atoms with Gasteiger partial charge in [0.05, 0.1) is 24.8 Å². The van der Waals surface area contributed by atoms with Gasteiger partial charge in [-0.1, -0.05) is 6.07 Å². The fraction of sp³-hybridized carbons (Fsp3) is 0.176. The lowest BCUT2D eigenvalue weighted by Gasteiger charge is -2.08. The van der Waals surface area contributed by atoms with Crippen molar-refractivity contribution in [3.8, 4) is 11.6 Å². The summed E-state index contributed by atoms with van der Waals surface area (Å²) in [5.41, 5.74) is 2.30. The van der Waals surface area contributed by atoms with Gasteiger partial charge in [-0.05, 0) is 42.7 Å². The quantitative estimate of drug-likeness (QED) is 0.706. The molecule has 0 aliphatic heterocycles. The van der Waals surface area contributed by atoms with E-state index in [1.54, 1.807) is 18.4 Å². The van der Waals surface area contributed by atoms with Gasteiger partial charge in [-0.2, -0.15) is 0 Å². The SMILES string of the molecule is CCOc1nc2cc(OC)ccc2nc1/C=C\c1cccs1. The maximum atomic E-state index is 5.63. The Labute approximate surface area is 133 Å². The zero-order valence-corrected chi connectivity index (χ0v) is 13.3. The summed E-state index contributed by atoms with van der Waals surface area (Å²) in [5.74, 6) is 1.29. The third kappa shape index (κ3) is 3.09. The second kappa shape index (κ2) is 6.58. The average Bonchev–Trinajstić information content (AvgIpc) is 3.06. The van der Waals surface area contributed by atoms with E-state index in [0.717, 1.165) is 22.5 Å². The minimum absolute atomic E-state index is 0.538. The molecule has 1 aromatic carbocycles. The molecule has 2 aromatic heterocycles. The highest BCUT2D eigenvalue weighted by Crippen LogP contribution is 2.24. The van der Waals surface area contributed by atoms with Crippen molar-refractivity contribution in [1.29, 1.82) is 0 Å². The van der Waals surface area contributed by atoms with Gasteiger partial charge in [0.15, 0.2) is 0 Å². The number of methoxy groups -OCH3 is 1. The van der Waals surface area contributed by atoms with Crippen molar-refractivity contribution in [2.75, 3.05) is 13.7 Å². The highest BCUT2D eigenvalue weighted by molar-refractivity contribution is 7.10. The lowest BCUT2D eigenvalue weighted by atomic mass is 10.2. The molecule has 112 valence electrons. The largest absolute Gasteiger partial charge is 0.497 e. The molecule has 0 bridgehead atoms. The third-order valence-electron chi connectivity index (χ3n) is 3.09. The molecule has 2 heterocycles. The monoisotopic (exact) mass is 312 g/mol. The Morgan fingerprint density at radius 1 is 1.14 bits per heavy atom. The first-order chi connectivity index (χ1) is 10.8. The van der Waals surface area contributed by atoms with E-state index < -0.39 is 0 Å². The maximum absolute atomic E-state index is 5.63. The van der Waals surface area contributed by atoms with E-state index in [1.807, 2.05) is 48.7 Å². The van der Waals surface area contributed by atoms with Crippen LogP contribution in [0.25, 0.3) is 23.2 Å². The van der Waals surface area contributed by atoms with Crippen LogP contribution in [-0.2, 0) is 0 Å². The summed E-state index contributed by atoms with van der Waals surface area (Å²) in [6.07, 6.45) is 3.96. The molecule has 3 aromatic rings. The first-order valence-corrected chi connectivity index (χ1v) is 7.88. The Morgan fingerprint density at radius 2 is 2.05 bits per heavy atom. The summed E-state index contributed by atoms with van der Waals surface area (Å²) >= 11 is 1.68. The maximum Gasteiger partial charge on any atom is 0.240 e. The number of hydrogen-bond acceptors (Lipinski definition) is 5. The van der Waals surface area contributed by atoms with E-state index >= 15 is 0 Å². The van der Waals surface area contributed by atoms with Crippen LogP contribution in [0.5, 0.6) is 11.6 Å². The predicted molar refractivity (Wildman–Crippen MR) is 90.5 cm³/mol. The molecular weight excluding hydrogens is 296 g/mol. The van der Waals surface area contributed by atoms with Gasteiger partial charge in [0.2, 0.25) is 5.88 Å². The van der Waals surface area contributed by atoms with Crippen molar-refractivity contribution < 1.29 is 9.47 Å². The number of fused-ring (bicyclic) bond motifs is 1. The van der Waals surface area contributed by atoms with E-state index in [-0.39, 0.29) is 0 Å². The summed E-state index contributed by atoms with van der Waals surface area (Å²) in [6.45, 7) is 2.48. The van der Waals surface area contributed by atoms with Crippen molar-refractivity contribution >= 4 is 34.5 Å². The summed E-state index contributed by atoms with van der Waals surface area (Å²) in [6, 6.07) is 9.72. The Bertz CT molecular complexity index is 798. The van der Waals surface area contributed by atoms with Crippen LogP contribution in [0, 0.1) is 0 Å². The number of benzene rings is 1. The van der Waals surface area contributed by atoms with Crippen molar-refractivity contribution in [1.82, 2.24) is 9.97 Å². The lowest BCUT2D eigenvalue weighted by Crippen LogP contribution is -2.00. The van der Waals surface area contributed by atoms with Crippen LogP contribution in [-0.4, -0.2) is 23.7 Å². The van der Waals surface area contributed by atoms with Gasteiger partial charge in [-0.25, -0.2) is 9.97 Å². The van der Waals surface area contributed by atoms with Gasteiger partial charge in [-0.3, -0.25) is 0 Å². The van der Waals surface area contributed by atoms with Gasteiger partial charge < -0.3 is 9.47 Å². The standard InChI is InChI=1S/C17H16N2O2S/c1-3-21-17-15(9-7-13-5-4-10-22-13)18-14-8-6-12(20-2)11-16(14)19-17/h4-11H,3H2,1-2H3/b9-7-. The minimum atomic E-state index is 0.538. The molecule has 0 amide bonds. The zero-order valence-electron chi connectivity index (χ0n) is 12.4. The number of ether oxygens (including phenoxy) is 2. The van der Waals surface area contributed by atoms with Crippen LogP contribution >= 0.6 is 11.3 Å². The molecule has 0 saturated carbocycles. The predicted octanol–water partition coefficient (Wildman–Crippen LogP) is 4.27. The minimum Gasteiger partial charge on any atom is -0.497 e. The van der Waals surface area contributed by atoms with Gasteiger partial charge >= 0.3 is 0 Å². The second-order valence-corrected chi connectivity index (χ2v) is 5.53. The van der Waals surface area contributed by atoms with E-state index in [9.17, 15) is 0 Å². The highest BCUT2D eigenvalue weighted by Gasteiger charge is 2.08. The molecule has 5 heteroatoms. The van der Waals surface area contributed by atoms with Crippen LogP contribution in [0.4, 0.5) is 0 Å². The van der Waals surface area contributed by atoms with Crippen LogP contribution in [0.15, 0.2) is 35.7 Å². The van der Waals surface area contributed by atoms with Crippen molar-refractivity contribution in [2.45, 2.75) is 6.92 Å². The summed E-state index contributed by atoms with van der Waals surface area (Å²) in [4.78, 5) is 10.4. The molecule has 0 radical (unpaired) electrons. The van der Waals surface area contributed by atoms with Crippen LogP contribution in [0.2, 0.25) is 0 Å². The van der Waals surface area contributed by atoms with Crippen LogP contribution in [0.1, 0.15) is 17.5 Å². The fourth-order valence-corrected chi connectivity index (χ4v) is 2.68. The van der Waals surface area contributed by atoms with Crippen LogP contribution in [0.3, 0.4) is 0 Å². The van der Waals surface area contributed by atoms with Crippen molar-refractivity contribution in [3.63, 3.8) is 0 Å². The Balaban J connectivity index is 2.05. The van der Waals surface area contributed by atoms with E-state index in [1.165, 1.54) is 4.88 Å². The average molecular weight is 312 g/mol. The molecule has 0 spiro atoms. The smallest absolute Gasteiger partial charge is 0.240 e. The van der Waals surface area contributed by atoms with E-state index in [0.29, 0.717) is 12.5 Å². The van der Waals surface area contributed by atoms with Gasteiger partial charge in [0, 0.05) is 10.9 Å². The van der Waals surface area contributed by atoms with E-state index in [2.05, 4.69) is 16.0 Å². The Hall–Kier alpha value is -2.40. The number of aromatic nitrogens is 2. The second-order valence-electron chi connectivity index (χ2n) is 4.55. The van der Waals surface area contributed by atoms with Gasteiger partial charge in [-0.15, -0.1) is 11.3 Å². The topological polar surface area (TPSA) is 44.2 Å². The first kappa shape index (κ1) is 14.5.